The van der Waals surface area contributed by atoms with E-state index in [-0.39, 0.29) is 17.6 Å². The summed E-state index contributed by atoms with van der Waals surface area (Å²) in [6.45, 7) is 5.25. The van der Waals surface area contributed by atoms with Crippen LogP contribution in [0.2, 0.25) is 0 Å². The first kappa shape index (κ1) is 21.8. The lowest BCUT2D eigenvalue weighted by Gasteiger charge is -2.16. The largest absolute Gasteiger partial charge is 0.504 e. The zero-order valence-electron chi connectivity index (χ0n) is 16.2. The molecule has 0 saturated carbocycles. The Labute approximate surface area is 154 Å². The summed E-state index contributed by atoms with van der Waals surface area (Å²) in [5.41, 5.74) is 0.762. The Morgan fingerprint density at radius 2 is 1.64 bits per heavy atom. The summed E-state index contributed by atoms with van der Waals surface area (Å²) >= 11 is 0. The van der Waals surface area contributed by atoms with E-state index in [9.17, 15) is 10.2 Å². The summed E-state index contributed by atoms with van der Waals surface area (Å²) in [6, 6.07) is 5.10. The van der Waals surface area contributed by atoms with Crippen molar-refractivity contribution >= 4 is 0 Å². The molecule has 0 fully saturated rings. The summed E-state index contributed by atoms with van der Waals surface area (Å²) in [4.78, 5) is 0. The highest BCUT2D eigenvalue weighted by atomic mass is 16.5. The fourth-order valence-corrected chi connectivity index (χ4v) is 3.01. The van der Waals surface area contributed by atoms with Crippen LogP contribution in [-0.4, -0.2) is 22.9 Å². The number of hydrogen-bond acceptors (Lipinski definition) is 3. The number of rotatable bonds is 15. The van der Waals surface area contributed by atoms with Gasteiger partial charge in [0.2, 0.25) is 0 Å². The summed E-state index contributed by atoms with van der Waals surface area (Å²) < 4.78 is 5.99. The lowest BCUT2D eigenvalue weighted by Crippen LogP contribution is -2.13. The molecule has 2 N–H and O–H groups in total. The molecule has 3 heteroatoms. The zero-order chi connectivity index (χ0) is 18.3. The van der Waals surface area contributed by atoms with Crippen LogP contribution in [0.25, 0.3) is 0 Å². The van der Waals surface area contributed by atoms with E-state index in [0.717, 1.165) is 31.4 Å². The molecule has 1 aromatic rings. The van der Waals surface area contributed by atoms with Crippen molar-refractivity contribution in [2.24, 2.45) is 0 Å². The number of phenolic OH excluding ortho intramolecular Hbond substituents is 2. The molecule has 3 nitrogen and oxygen atoms in total. The molecule has 0 amide bonds. The quantitative estimate of drug-likeness (QED) is 0.294. The van der Waals surface area contributed by atoms with Crippen LogP contribution >= 0.6 is 0 Å². The highest BCUT2D eigenvalue weighted by Crippen LogP contribution is 2.29. The second-order valence-electron chi connectivity index (χ2n) is 6.89. The maximum Gasteiger partial charge on any atom is 0.160 e. The highest BCUT2D eigenvalue weighted by molar-refractivity contribution is 5.44. The van der Waals surface area contributed by atoms with E-state index in [2.05, 4.69) is 20.3 Å². The molecule has 143 valence electrons. The van der Waals surface area contributed by atoms with E-state index in [4.69, 9.17) is 4.74 Å². The fourth-order valence-electron chi connectivity index (χ4n) is 3.01. The summed E-state index contributed by atoms with van der Waals surface area (Å²) in [7, 11) is 0. The van der Waals surface area contributed by atoms with Crippen LogP contribution in [0.3, 0.4) is 0 Å². The van der Waals surface area contributed by atoms with E-state index in [1.54, 1.807) is 6.07 Å². The van der Waals surface area contributed by atoms with Gasteiger partial charge in [-0.2, -0.15) is 0 Å². The van der Waals surface area contributed by atoms with Gasteiger partial charge < -0.3 is 14.9 Å². The van der Waals surface area contributed by atoms with E-state index < -0.39 is 0 Å². The number of unbranched alkanes of at least 4 members (excludes halogenated alkanes) is 7. The molecule has 0 bridgehead atoms. The fraction of sp³-hybridized carbons (Fsp3) is 0.682. The van der Waals surface area contributed by atoms with E-state index >= 15 is 0 Å². The van der Waals surface area contributed by atoms with Crippen LogP contribution in [-0.2, 0) is 11.2 Å². The molecule has 0 saturated heterocycles. The SMILES string of the molecule is CCCCCCCCCCOC(CC)C[CH]Cc1cccc(O)c1O. The van der Waals surface area contributed by atoms with E-state index in [1.165, 1.54) is 51.0 Å². The minimum Gasteiger partial charge on any atom is -0.504 e. The van der Waals surface area contributed by atoms with Crippen LogP contribution in [0, 0.1) is 6.42 Å². The Balaban J connectivity index is 2.07. The molecule has 1 radical (unpaired) electrons. The maximum atomic E-state index is 9.81. The normalized spacial score (nSPS) is 12.4. The third-order valence-electron chi connectivity index (χ3n) is 4.70. The molecule has 0 aliphatic rings. The van der Waals surface area contributed by atoms with Crippen molar-refractivity contribution in [1.82, 2.24) is 0 Å². The van der Waals surface area contributed by atoms with Crippen LogP contribution < -0.4 is 0 Å². The molecule has 1 aromatic carbocycles. The van der Waals surface area contributed by atoms with Crippen molar-refractivity contribution in [1.29, 1.82) is 0 Å². The lowest BCUT2D eigenvalue weighted by molar-refractivity contribution is 0.0474. The first-order valence-electron chi connectivity index (χ1n) is 10.1. The van der Waals surface area contributed by atoms with Gasteiger partial charge in [-0.3, -0.25) is 0 Å². The monoisotopic (exact) mass is 349 g/mol. The van der Waals surface area contributed by atoms with Crippen molar-refractivity contribution in [2.45, 2.75) is 90.6 Å². The van der Waals surface area contributed by atoms with Crippen molar-refractivity contribution in [2.75, 3.05) is 6.61 Å². The Morgan fingerprint density at radius 1 is 0.960 bits per heavy atom. The Kier molecular flexibility index (Phi) is 12.2. The third-order valence-corrected chi connectivity index (χ3v) is 4.70. The average Bonchev–Trinajstić information content (AvgIpc) is 2.62. The van der Waals surface area contributed by atoms with Gasteiger partial charge in [-0.1, -0.05) is 70.9 Å². The molecule has 1 unspecified atom stereocenters. The van der Waals surface area contributed by atoms with Crippen molar-refractivity contribution < 1.29 is 14.9 Å². The minimum atomic E-state index is -0.0520. The van der Waals surface area contributed by atoms with Gasteiger partial charge in [0, 0.05) is 6.61 Å². The molecule has 25 heavy (non-hydrogen) atoms. The second-order valence-corrected chi connectivity index (χ2v) is 6.89. The summed E-state index contributed by atoms with van der Waals surface area (Å²) in [5.74, 6) is -0.0597. The Bertz CT molecular complexity index is 445. The number of phenols is 2. The first-order valence-corrected chi connectivity index (χ1v) is 10.1. The molecule has 0 aliphatic carbocycles. The van der Waals surface area contributed by atoms with Gasteiger partial charge in [-0.15, -0.1) is 0 Å². The van der Waals surface area contributed by atoms with Gasteiger partial charge in [-0.05, 0) is 43.7 Å². The number of ether oxygens (including phenoxy) is 1. The van der Waals surface area contributed by atoms with Crippen molar-refractivity contribution in [3.63, 3.8) is 0 Å². The van der Waals surface area contributed by atoms with Gasteiger partial charge in [0.15, 0.2) is 11.5 Å². The third kappa shape index (κ3) is 9.74. The molecular formula is C22H37O3. The van der Waals surface area contributed by atoms with E-state index in [0.29, 0.717) is 6.42 Å². The van der Waals surface area contributed by atoms with Gasteiger partial charge in [0.1, 0.15) is 0 Å². The van der Waals surface area contributed by atoms with Crippen LogP contribution in [0.5, 0.6) is 11.5 Å². The van der Waals surface area contributed by atoms with Gasteiger partial charge >= 0.3 is 0 Å². The zero-order valence-corrected chi connectivity index (χ0v) is 16.2. The van der Waals surface area contributed by atoms with Crippen molar-refractivity contribution in [3.8, 4) is 11.5 Å². The van der Waals surface area contributed by atoms with Gasteiger partial charge in [0.05, 0.1) is 6.10 Å². The average molecular weight is 350 g/mol. The maximum absolute atomic E-state index is 9.81. The van der Waals surface area contributed by atoms with Crippen LogP contribution in [0.4, 0.5) is 0 Å². The number of para-hydroxylation sites is 1. The number of hydrogen-bond donors (Lipinski definition) is 2. The minimum absolute atomic E-state index is 0.00773. The molecular weight excluding hydrogens is 312 g/mol. The Hall–Kier alpha value is -1.22. The van der Waals surface area contributed by atoms with Crippen molar-refractivity contribution in [3.05, 3.63) is 30.2 Å². The number of aromatic hydroxyl groups is 2. The predicted octanol–water partition coefficient (Wildman–Crippen LogP) is 6.17. The predicted molar refractivity (Wildman–Crippen MR) is 105 cm³/mol. The molecule has 1 atom stereocenters. The molecule has 0 spiro atoms. The highest BCUT2D eigenvalue weighted by Gasteiger charge is 2.09. The van der Waals surface area contributed by atoms with Crippen LogP contribution in [0.15, 0.2) is 18.2 Å². The molecule has 0 aromatic heterocycles. The summed E-state index contributed by atoms with van der Waals surface area (Å²) in [5, 5.41) is 19.3. The number of benzene rings is 1. The van der Waals surface area contributed by atoms with Crippen LogP contribution in [0.1, 0.15) is 83.6 Å². The first-order chi connectivity index (χ1) is 12.2. The van der Waals surface area contributed by atoms with Gasteiger partial charge in [0.25, 0.3) is 0 Å². The Morgan fingerprint density at radius 3 is 2.32 bits per heavy atom. The van der Waals surface area contributed by atoms with E-state index in [1.807, 2.05) is 6.07 Å². The molecule has 0 heterocycles. The second kappa shape index (κ2) is 14.0. The molecule has 1 rings (SSSR count). The van der Waals surface area contributed by atoms with Gasteiger partial charge in [-0.25, -0.2) is 0 Å². The topological polar surface area (TPSA) is 49.7 Å². The lowest BCUT2D eigenvalue weighted by atomic mass is 10.0. The smallest absolute Gasteiger partial charge is 0.160 e. The standard InChI is InChI=1S/C22H37O3/c1-3-5-6-7-8-9-10-11-18-25-20(4-2)16-12-14-19-15-13-17-21(23)22(19)24/h12-13,15,17,20,23-24H,3-11,14,16,18H2,1-2H3. The summed E-state index contributed by atoms with van der Waals surface area (Å²) in [6.07, 6.45) is 15.5. The molecule has 0 aliphatic heterocycles.